The zero-order valence-electron chi connectivity index (χ0n) is 8.57. The molecule has 2 N–H and O–H groups in total. The van der Waals surface area contributed by atoms with Crippen LogP contribution >= 0.6 is 0 Å². The fourth-order valence-electron chi connectivity index (χ4n) is 1.08. The maximum absolute atomic E-state index is 10.1. The molecule has 0 spiro atoms. The molecule has 0 aromatic rings. The molecule has 14 heavy (non-hydrogen) atoms. The average molecular weight is 204 g/mol. The van der Waals surface area contributed by atoms with Gasteiger partial charge in [0.15, 0.2) is 0 Å². The second-order valence-corrected chi connectivity index (χ2v) is 3.25. The van der Waals surface area contributed by atoms with E-state index in [4.69, 9.17) is 14.9 Å². The molecule has 0 heterocycles. The first-order valence-corrected chi connectivity index (χ1v) is 5.17. The molecule has 4 nitrogen and oxygen atoms in total. The number of aliphatic hydroxyl groups excluding tert-OH is 1. The van der Waals surface area contributed by atoms with Gasteiger partial charge in [-0.3, -0.25) is 4.79 Å². The zero-order chi connectivity index (χ0) is 10.6. The lowest BCUT2D eigenvalue weighted by atomic mass is 10.2. The Morgan fingerprint density at radius 3 is 2.21 bits per heavy atom. The molecular weight excluding hydrogens is 184 g/mol. The van der Waals surface area contributed by atoms with Gasteiger partial charge in [0.05, 0.1) is 0 Å². The standard InChI is InChI=1S/C10H20O4/c11-7-3-1-4-8-14-9-5-2-6-10(12)13/h11H,1-9H2,(H,12,13). The van der Waals surface area contributed by atoms with E-state index < -0.39 is 5.97 Å². The van der Waals surface area contributed by atoms with Gasteiger partial charge in [0.1, 0.15) is 0 Å². The molecule has 0 aliphatic heterocycles. The fourth-order valence-corrected chi connectivity index (χ4v) is 1.08. The van der Waals surface area contributed by atoms with Crippen molar-refractivity contribution in [3.05, 3.63) is 0 Å². The summed E-state index contributed by atoms with van der Waals surface area (Å²) in [7, 11) is 0. The highest BCUT2D eigenvalue weighted by Crippen LogP contribution is 1.98. The molecule has 0 fully saturated rings. The number of unbranched alkanes of at least 4 members (excludes halogenated alkanes) is 3. The van der Waals surface area contributed by atoms with Crippen LogP contribution in [0.4, 0.5) is 0 Å². The highest BCUT2D eigenvalue weighted by Gasteiger charge is 1.96. The molecule has 4 heteroatoms. The smallest absolute Gasteiger partial charge is 0.303 e. The molecule has 0 unspecified atom stereocenters. The number of carbonyl (C=O) groups is 1. The summed E-state index contributed by atoms with van der Waals surface area (Å²) in [5, 5.41) is 16.8. The van der Waals surface area contributed by atoms with E-state index in [2.05, 4.69) is 0 Å². The lowest BCUT2D eigenvalue weighted by molar-refractivity contribution is -0.137. The SMILES string of the molecule is O=C(O)CCCCOCCCCCO. The Balaban J connectivity index is 2.88. The van der Waals surface area contributed by atoms with Crippen LogP contribution in [-0.2, 0) is 9.53 Å². The number of carboxylic acid groups (broad SMARTS) is 1. The van der Waals surface area contributed by atoms with E-state index in [1.807, 2.05) is 0 Å². The van der Waals surface area contributed by atoms with Crippen LogP contribution in [0.15, 0.2) is 0 Å². The summed E-state index contributed by atoms with van der Waals surface area (Å²) in [4.78, 5) is 10.1. The third-order valence-electron chi connectivity index (χ3n) is 1.88. The monoisotopic (exact) mass is 204 g/mol. The summed E-state index contributed by atoms with van der Waals surface area (Å²) in [6, 6.07) is 0. The molecule has 84 valence electrons. The van der Waals surface area contributed by atoms with E-state index in [1.165, 1.54) is 0 Å². The van der Waals surface area contributed by atoms with Crippen LogP contribution in [0.25, 0.3) is 0 Å². The third-order valence-corrected chi connectivity index (χ3v) is 1.88. The van der Waals surface area contributed by atoms with Gasteiger partial charge in [-0.15, -0.1) is 0 Å². The van der Waals surface area contributed by atoms with E-state index >= 15 is 0 Å². The Morgan fingerprint density at radius 2 is 1.64 bits per heavy atom. The Bertz CT molecular complexity index is 136. The Labute approximate surface area is 84.9 Å². The van der Waals surface area contributed by atoms with Crippen molar-refractivity contribution in [1.82, 2.24) is 0 Å². The van der Waals surface area contributed by atoms with Gasteiger partial charge < -0.3 is 14.9 Å². The van der Waals surface area contributed by atoms with Crippen LogP contribution in [0.3, 0.4) is 0 Å². The van der Waals surface area contributed by atoms with Crippen LogP contribution in [0.5, 0.6) is 0 Å². The van der Waals surface area contributed by atoms with Crippen molar-refractivity contribution in [2.75, 3.05) is 19.8 Å². The summed E-state index contributed by atoms with van der Waals surface area (Å²) in [5.41, 5.74) is 0. The number of ether oxygens (including phenoxy) is 1. The minimum Gasteiger partial charge on any atom is -0.481 e. The first-order valence-electron chi connectivity index (χ1n) is 5.17. The van der Waals surface area contributed by atoms with Gasteiger partial charge in [-0.05, 0) is 32.1 Å². The quantitative estimate of drug-likeness (QED) is 0.528. The van der Waals surface area contributed by atoms with Crippen molar-refractivity contribution in [3.63, 3.8) is 0 Å². The molecule has 0 aromatic carbocycles. The van der Waals surface area contributed by atoms with Crippen molar-refractivity contribution in [2.24, 2.45) is 0 Å². The number of aliphatic hydroxyl groups is 1. The number of carboxylic acids is 1. The number of aliphatic carboxylic acids is 1. The maximum atomic E-state index is 10.1. The first-order chi connectivity index (χ1) is 6.77. The van der Waals surface area contributed by atoms with E-state index in [9.17, 15) is 4.79 Å². The predicted molar refractivity (Wildman–Crippen MR) is 53.2 cm³/mol. The molecule has 0 aromatic heterocycles. The molecule has 0 radical (unpaired) electrons. The van der Waals surface area contributed by atoms with Gasteiger partial charge in [-0.25, -0.2) is 0 Å². The highest BCUT2D eigenvalue weighted by atomic mass is 16.5. The van der Waals surface area contributed by atoms with E-state index in [0.717, 1.165) is 25.7 Å². The summed E-state index contributed by atoms with van der Waals surface area (Å²) in [6.45, 7) is 1.61. The second-order valence-electron chi connectivity index (χ2n) is 3.25. The summed E-state index contributed by atoms with van der Waals surface area (Å²) in [6.07, 6.45) is 4.53. The highest BCUT2D eigenvalue weighted by molar-refractivity contribution is 5.66. The van der Waals surface area contributed by atoms with E-state index in [1.54, 1.807) is 0 Å². The van der Waals surface area contributed by atoms with Crippen LogP contribution < -0.4 is 0 Å². The number of hydrogen-bond donors (Lipinski definition) is 2. The largest absolute Gasteiger partial charge is 0.481 e. The average Bonchev–Trinajstić information content (AvgIpc) is 2.15. The van der Waals surface area contributed by atoms with Crippen LogP contribution in [0.2, 0.25) is 0 Å². The Morgan fingerprint density at radius 1 is 1.00 bits per heavy atom. The molecule has 0 aliphatic carbocycles. The third kappa shape index (κ3) is 11.4. The maximum Gasteiger partial charge on any atom is 0.303 e. The van der Waals surface area contributed by atoms with E-state index in [0.29, 0.717) is 19.6 Å². The zero-order valence-corrected chi connectivity index (χ0v) is 8.57. The van der Waals surface area contributed by atoms with Gasteiger partial charge in [0.2, 0.25) is 0 Å². The number of rotatable bonds is 10. The van der Waals surface area contributed by atoms with Gasteiger partial charge >= 0.3 is 5.97 Å². The van der Waals surface area contributed by atoms with Crippen LogP contribution in [0, 0.1) is 0 Å². The van der Waals surface area contributed by atoms with Crippen molar-refractivity contribution in [1.29, 1.82) is 0 Å². The van der Waals surface area contributed by atoms with Crippen molar-refractivity contribution in [3.8, 4) is 0 Å². The molecule has 0 rings (SSSR count). The van der Waals surface area contributed by atoms with Gasteiger partial charge in [0.25, 0.3) is 0 Å². The summed E-state index contributed by atoms with van der Waals surface area (Å²) >= 11 is 0. The molecule has 0 amide bonds. The normalized spacial score (nSPS) is 10.4. The van der Waals surface area contributed by atoms with Crippen molar-refractivity contribution < 1.29 is 19.7 Å². The molecule has 0 saturated heterocycles. The van der Waals surface area contributed by atoms with Crippen molar-refractivity contribution >= 4 is 5.97 Å². The Hall–Kier alpha value is -0.610. The lowest BCUT2D eigenvalue weighted by Crippen LogP contribution is -2.00. The van der Waals surface area contributed by atoms with Gasteiger partial charge in [-0.1, -0.05) is 0 Å². The summed E-state index contributed by atoms with van der Waals surface area (Å²) in [5.74, 6) is -0.743. The molecule has 0 bridgehead atoms. The predicted octanol–water partition coefficient (Wildman–Crippen LogP) is 1.42. The van der Waals surface area contributed by atoms with E-state index in [-0.39, 0.29) is 13.0 Å². The molecular formula is C10H20O4. The van der Waals surface area contributed by atoms with Crippen LogP contribution in [0.1, 0.15) is 38.5 Å². The lowest BCUT2D eigenvalue weighted by Gasteiger charge is -2.02. The van der Waals surface area contributed by atoms with Crippen molar-refractivity contribution in [2.45, 2.75) is 38.5 Å². The topological polar surface area (TPSA) is 66.8 Å². The minimum absolute atomic E-state index is 0.230. The molecule has 0 aliphatic rings. The summed E-state index contributed by atoms with van der Waals surface area (Å²) < 4.78 is 5.29. The minimum atomic E-state index is -0.743. The van der Waals surface area contributed by atoms with Gasteiger partial charge in [0, 0.05) is 26.2 Å². The number of hydrogen-bond acceptors (Lipinski definition) is 3. The first kappa shape index (κ1) is 13.4. The second kappa shape index (κ2) is 10.5. The molecule has 0 atom stereocenters. The van der Waals surface area contributed by atoms with Crippen LogP contribution in [-0.4, -0.2) is 36.0 Å². The molecule has 0 saturated carbocycles. The fraction of sp³-hybridized carbons (Fsp3) is 0.900. The van der Waals surface area contributed by atoms with Gasteiger partial charge in [-0.2, -0.15) is 0 Å². The Kier molecular flexibility index (Phi) is 10.0.